The second kappa shape index (κ2) is 6.15. The zero-order valence-electron chi connectivity index (χ0n) is 10.9. The van der Waals surface area contributed by atoms with Crippen LogP contribution in [0, 0.1) is 0 Å². The number of hydrogen-bond acceptors (Lipinski definition) is 6. The summed E-state index contributed by atoms with van der Waals surface area (Å²) in [6.45, 7) is 4.22. The molecule has 6 heteroatoms. The third-order valence-electron chi connectivity index (χ3n) is 3.13. The molecule has 0 N–H and O–H groups in total. The zero-order chi connectivity index (χ0) is 13.0. The number of carbonyl (C=O) groups is 1. The molecule has 1 aliphatic heterocycles. The quantitative estimate of drug-likeness (QED) is 0.763. The third-order valence-corrected chi connectivity index (χ3v) is 4.08. The van der Waals surface area contributed by atoms with Crippen molar-refractivity contribution >= 4 is 22.4 Å². The molecule has 0 spiro atoms. The predicted octanol–water partition coefficient (Wildman–Crippen LogP) is 1.00. The fourth-order valence-corrected chi connectivity index (χ4v) is 2.80. The number of nitrogens with zero attached hydrogens (tertiary/aromatic N) is 3. The Kier molecular flexibility index (Phi) is 4.54. The maximum atomic E-state index is 11.1. The molecule has 0 aromatic carbocycles. The van der Waals surface area contributed by atoms with E-state index < -0.39 is 0 Å². The highest BCUT2D eigenvalue weighted by Crippen LogP contribution is 2.22. The summed E-state index contributed by atoms with van der Waals surface area (Å²) in [5, 5.41) is 3.11. The second-order valence-corrected chi connectivity index (χ2v) is 5.32. The van der Waals surface area contributed by atoms with Crippen LogP contribution in [0.1, 0.15) is 12.1 Å². The second-order valence-electron chi connectivity index (χ2n) is 4.49. The molecule has 0 aliphatic carbocycles. The third kappa shape index (κ3) is 3.43. The van der Waals surface area contributed by atoms with Crippen LogP contribution in [0.25, 0.3) is 0 Å². The van der Waals surface area contributed by atoms with Crippen LogP contribution in [-0.2, 0) is 16.0 Å². The van der Waals surface area contributed by atoms with Gasteiger partial charge in [-0.15, -0.1) is 11.3 Å². The monoisotopic (exact) mass is 269 g/mol. The van der Waals surface area contributed by atoms with Crippen LogP contribution in [0.4, 0.5) is 5.13 Å². The first-order valence-corrected chi connectivity index (χ1v) is 7.01. The highest BCUT2D eigenvalue weighted by Gasteiger charge is 2.17. The van der Waals surface area contributed by atoms with Gasteiger partial charge in [-0.1, -0.05) is 0 Å². The van der Waals surface area contributed by atoms with Crippen molar-refractivity contribution in [1.82, 2.24) is 9.88 Å². The van der Waals surface area contributed by atoms with Gasteiger partial charge in [-0.05, 0) is 7.05 Å². The van der Waals surface area contributed by atoms with E-state index in [0.29, 0.717) is 12.8 Å². The number of aryl methyl sites for hydroxylation is 1. The number of carbonyl (C=O) groups excluding carboxylic acids is 1. The van der Waals surface area contributed by atoms with E-state index in [1.54, 1.807) is 11.3 Å². The van der Waals surface area contributed by atoms with Gasteiger partial charge in [0.05, 0.1) is 19.2 Å². The summed E-state index contributed by atoms with van der Waals surface area (Å²) in [6.07, 6.45) is 1.07. The number of anilines is 1. The Bertz CT molecular complexity index is 400. The normalized spacial score (nSPS) is 16.9. The van der Waals surface area contributed by atoms with Gasteiger partial charge < -0.3 is 14.5 Å². The van der Waals surface area contributed by atoms with Crippen LogP contribution < -0.4 is 4.90 Å². The fourth-order valence-electron chi connectivity index (χ4n) is 1.89. The highest BCUT2D eigenvalue weighted by molar-refractivity contribution is 7.13. The molecule has 100 valence electrons. The number of rotatable bonds is 4. The van der Waals surface area contributed by atoms with Crippen molar-refractivity contribution in [2.45, 2.75) is 12.8 Å². The van der Waals surface area contributed by atoms with Gasteiger partial charge in [-0.2, -0.15) is 0 Å². The van der Waals surface area contributed by atoms with Crippen molar-refractivity contribution in [2.75, 3.05) is 45.2 Å². The van der Waals surface area contributed by atoms with E-state index in [4.69, 9.17) is 0 Å². The van der Waals surface area contributed by atoms with E-state index in [9.17, 15) is 4.79 Å². The number of piperazine rings is 1. The molecule has 1 aromatic rings. The largest absolute Gasteiger partial charge is 0.469 e. The van der Waals surface area contributed by atoms with Gasteiger partial charge in [0.2, 0.25) is 0 Å². The summed E-state index contributed by atoms with van der Waals surface area (Å²) >= 11 is 1.66. The predicted molar refractivity (Wildman–Crippen MR) is 72.2 cm³/mol. The van der Waals surface area contributed by atoms with Crippen molar-refractivity contribution in [3.8, 4) is 0 Å². The summed E-state index contributed by atoms with van der Waals surface area (Å²) in [5.74, 6) is -0.177. The van der Waals surface area contributed by atoms with Crippen LogP contribution >= 0.6 is 11.3 Å². The van der Waals surface area contributed by atoms with E-state index in [1.807, 2.05) is 5.38 Å². The first kappa shape index (κ1) is 13.3. The number of methoxy groups -OCH3 is 1. The smallest absolute Gasteiger partial charge is 0.305 e. The lowest BCUT2D eigenvalue weighted by Gasteiger charge is -2.32. The van der Waals surface area contributed by atoms with Crippen LogP contribution in [0.2, 0.25) is 0 Å². The number of thiazole rings is 1. The molecule has 1 aliphatic rings. The van der Waals surface area contributed by atoms with Gasteiger partial charge in [0.25, 0.3) is 0 Å². The topological polar surface area (TPSA) is 45.7 Å². The van der Waals surface area contributed by atoms with Crippen molar-refractivity contribution in [1.29, 1.82) is 0 Å². The lowest BCUT2D eigenvalue weighted by molar-refractivity contribution is -0.140. The Morgan fingerprint density at radius 1 is 1.44 bits per heavy atom. The van der Waals surface area contributed by atoms with Crippen LogP contribution in [0.15, 0.2) is 5.38 Å². The Morgan fingerprint density at radius 3 is 2.83 bits per heavy atom. The van der Waals surface area contributed by atoms with Crippen LogP contribution in [-0.4, -0.2) is 56.2 Å². The summed E-state index contributed by atoms with van der Waals surface area (Å²) < 4.78 is 4.63. The summed E-state index contributed by atoms with van der Waals surface area (Å²) in [5.41, 5.74) is 0.985. The first-order chi connectivity index (χ1) is 8.69. The summed E-state index contributed by atoms with van der Waals surface area (Å²) in [4.78, 5) is 20.3. The average molecular weight is 269 g/mol. The number of esters is 1. The van der Waals surface area contributed by atoms with Gasteiger partial charge in [0.1, 0.15) is 0 Å². The number of hydrogen-bond donors (Lipinski definition) is 0. The molecular formula is C12H19N3O2S. The standard InChI is InChI=1S/C12H19N3O2S/c1-14-5-7-15(8-6-14)12-13-10(9-18-12)3-4-11(16)17-2/h9H,3-8H2,1-2H3. The molecule has 0 atom stereocenters. The van der Waals surface area contributed by atoms with Gasteiger partial charge in [-0.25, -0.2) is 4.98 Å². The molecular weight excluding hydrogens is 250 g/mol. The number of likely N-dealkylation sites (N-methyl/N-ethyl adjacent to an activating group) is 1. The van der Waals surface area contributed by atoms with Crippen LogP contribution in [0.5, 0.6) is 0 Å². The van der Waals surface area contributed by atoms with Crippen molar-refractivity contribution in [3.05, 3.63) is 11.1 Å². The Hall–Kier alpha value is -1.14. The summed E-state index contributed by atoms with van der Waals surface area (Å²) in [6, 6.07) is 0. The van der Waals surface area contributed by atoms with Gasteiger partial charge >= 0.3 is 5.97 Å². The van der Waals surface area contributed by atoms with Gasteiger partial charge in [0.15, 0.2) is 5.13 Å². The molecule has 0 amide bonds. The molecule has 5 nitrogen and oxygen atoms in total. The molecule has 1 aromatic heterocycles. The molecule has 0 saturated carbocycles. The van der Waals surface area contributed by atoms with Crippen molar-refractivity contribution in [2.24, 2.45) is 0 Å². The van der Waals surface area contributed by atoms with E-state index in [1.165, 1.54) is 7.11 Å². The fraction of sp³-hybridized carbons (Fsp3) is 0.667. The molecule has 2 heterocycles. The molecule has 2 rings (SSSR count). The molecule has 1 saturated heterocycles. The minimum atomic E-state index is -0.177. The highest BCUT2D eigenvalue weighted by atomic mass is 32.1. The van der Waals surface area contributed by atoms with E-state index in [2.05, 4.69) is 26.6 Å². The Balaban J connectivity index is 1.87. The molecule has 0 radical (unpaired) electrons. The molecule has 1 fully saturated rings. The Labute approximate surface area is 111 Å². The molecule has 18 heavy (non-hydrogen) atoms. The SMILES string of the molecule is COC(=O)CCc1csc(N2CCN(C)CC2)n1. The van der Waals surface area contributed by atoms with Gasteiger partial charge in [0, 0.05) is 38.0 Å². The zero-order valence-corrected chi connectivity index (χ0v) is 11.7. The lowest BCUT2D eigenvalue weighted by Crippen LogP contribution is -2.44. The summed E-state index contributed by atoms with van der Waals surface area (Å²) in [7, 11) is 3.56. The molecule has 0 bridgehead atoms. The molecule has 0 unspecified atom stereocenters. The van der Waals surface area contributed by atoms with E-state index in [-0.39, 0.29) is 5.97 Å². The first-order valence-electron chi connectivity index (χ1n) is 6.14. The van der Waals surface area contributed by atoms with E-state index >= 15 is 0 Å². The maximum absolute atomic E-state index is 11.1. The van der Waals surface area contributed by atoms with E-state index in [0.717, 1.165) is 37.0 Å². The lowest BCUT2D eigenvalue weighted by atomic mass is 10.2. The maximum Gasteiger partial charge on any atom is 0.305 e. The minimum Gasteiger partial charge on any atom is -0.469 e. The number of ether oxygens (including phenoxy) is 1. The van der Waals surface area contributed by atoms with Gasteiger partial charge in [-0.3, -0.25) is 4.79 Å². The number of aromatic nitrogens is 1. The average Bonchev–Trinajstić information content (AvgIpc) is 2.85. The minimum absolute atomic E-state index is 0.177. The Morgan fingerprint density at radius 2 is 2.17 bits per heavy atom. The van der Waals surface area contributed by atoms with Crippen molar-refractivity contribution < 1.29 is 9.53 Å². The van der Waals surface area contributed by atoms with Crippen molar-refractivity contribution in [3.63, 3.8) is 0 Å². The van der Waals surface area contributed by atoms with Crippen LogP contribution in [0.3, 0.4) is 0 Å².